The highest BCUT2D eigenvalue weighted by molar-refractivity contribution is 5.93. The third-order valence-electron chi connectivity index (χ3n) is 6.91. The monoisotopic (exact) mass is 616 g/mol. The van der Waals surface area contributed by atoms with Gasteiger partial charge in [-0.05, 0) is 91.4 Å². The molecule has 0 aromatic heterocycles. The van der Waals surface area contributed by atoms with Crippen LogP contribution in [-0.4, -0.2) is 35.6 Å². The lowest BCUT2D eigenvalue weighted by Gasteiger charge is -2.11. The Labute approximate surface area is 263 Å². The van der Waals surface area contributed by atoms with Crippen LogP contribution in [0.15, 0.2) is 66.7 Å². The van der Waals surface area contributed by atoms with Crippen LogP contribution in [0.25, 0.3) is 6.08 Å². The summed E-state index contributed by atoms with van der Waals surface area (Å²) >= 11 is 0. The topological polar surface area (TPSA) is 168 Å². The zero-order chi connectivity index (χ0) is 32.6. The zero-order valence-corrected chi connectivity index (χ0v) is 25.5. The van der Waals surface area contributed by atoms with E-state index >= 15 is 0 Å². The number of ether oxygens (including phenoxy) is 3. The maximum absolute atomic E-state index is 12.4. The Kier molecular flexibility index (Phi) is 13.6. The van der Waals surface area contributed by atoms with Gasteiger partial charge in [0.2, 0.25) is 0 Å². The molecule has 0 aliphatic rings. The number of nitrogen functional groups attached to an aromatic ring is 2. The summed E-state index contributed by atoms with van der Waals surface area (Å²) in [5.74, 6) is -1.65. The summed E-state index contributed by atoms with van der Waals surface area (Å²) in [5.41, 5.74) is 14.3. The molecule has 0 saturated carbocycles. The van der Waals surface area contributed by atoms with Crippen LogP contribution in [-0.2, 0) is 20.7 Å². The first-order valence-electron chi connectivity index (χ1n) is 15.0. The molecule has 0 saturated heterocycles. The first kappa shape index (κ1) is 34.4. The second kappa shape index (κ2) is 17.9. The zero-order valence-electron chi connectivity index (χ0n) is 25.5. The molecule has 0 heterocycles. The fourth-order valence-corrected chi connectivity index (χ4v) is 4.49. The van der Waals surface area contributed by atoms with Crippen LogP contribution >= 0.6 is 0 Å². The average Bonchev–Trinajstić information content (AvgIpc) is 3.02. The molecule has 238 valence electrons. The molecule has 3 aromatic rings. The predicted molar refractivity (Wildman–Crippen MR) is 172 cm³/mol. The van der Waals surface area contributed by atoms with Crippen molar-refractivity contribution in [3.05, 3.63) is 89.0 Å². The lowest BCUT2D eigenvalue weighted by Crippen LogP contribution is -2.08. The third kappa shape index (κ3) is 11.8. The van der Waals surface area contributed by atoms with Crippen LogP contribution in [0.1, 0.15) is 90.1 Å². The van der Waals surface area contributed by atoms with Gasteiger partial charge >= 0.3 is 23.9 Å². The number of unbranched alkanes of at least 4 members (excludes halogenated alkanes) is 5. The molecular formula is C35H40N2O8. The van der Waals surface area contributed by atoms with Crippen LogP contribution in [0.2, 0.25) is 0 Å². The highest BCUT2D eigenvalue weighted by Gasteiger charge is 2.14. The fraction of sp³-hybridized carbons (Fsp3) is 0.314. The van der Waals surface area contributed by atoms with E-state index in [4.69, 9.17) is 25.7 Å². The van der Waals surface area contributed by atoms with E-state index in [-0.39, 0.29) is 11.5 Å². The average molecular weight is 617 g/mol. The number of carbonyl (C=O) groups excluding carboxylic acids is 3. The molecule has 0 fully saturated rings. The van der Waals surface area contributed by atoms with E-state index in [0.717, 1.165) is 38.5 Å². The maximum Gasteiger partial charge on any atom is 0.338 e. The number of carboxylic acid groups (broad SMARTS) is 1. The lowest BCUT2D eigenvalue weighted by atomic mass is 9.98. The van der Waals surface area contributed by atoms with E-state index in [1.165, 1.54) is 12.1 Å². The van der Waals surface area contributed by atoms with Crippen LogP contribution in [0.5, 0.6) is 11.5 Å². The van der Waals surface area contributed by atoms with Crippen LogP contribution in [0.4, 0.5) is 11.4 Å². The van der Waals surface area contributed by atoms with Crippen molar-refractivity contribution in [2.75, 3.05) is 18.1 Å². The normalized spacial score (nSPS) is 10.9. The molecule has 0 spiro atoms. The number of carboxylic acids is 1. The van der Waals surface area contributed by atoms with Crippen molar-refractivity contribution in [1.82, 2.24) is 0 Å². The number of nitrogens with two attached hydrogens (primary N) is 2. The molecular weight excluding hydrogens is 576 g/mol. The summed E-state index contributed by atoms with van der Waals surface area (Å²) in [4.78, 5) is 47.8. The molecule has 10 heteroatoms. The fourth-order valence-electron chi connectivity index (χ4n) is 4.49. The summed E-state index contributed by atoms with van der Waals surface area (Å²) < 4.78 is 15.9. The van der Waals surface area contributed by atoms with E-state index in [9.17, 15) is 24.3 Å². The Balaban J connectivity index is 1.32. The quantitative estimate of drug-likeness (QED) is 0.0493. The third-order valence-corrected chi connectivity index (χ3v) is 6.91. The minimum atomic E-state index is -1.04. The SMILES string of the molecule is CCCCC(=O)Oc1ccc(OC(=O)/C=C/c2ccc(C(=O)OCCCCCCCc3c(N)cc(N)cc3C(=O)O)cc2)cc1. The number of benzene rings is 3. The summed E-state index contributed by atoms with van der Waals surface area (Å²) in [5, 5.41) is 9.40. The lowest BCUT2D eigenvalue weighted by molar-refractivity contribution is -0.134. The molecule has 0 unspecified atom stereocenters. The van der Waals surface area contributed by atoms with E-state index in [1.54, 1.807) is 60.7 Å². The Morgan fingerprint density at radius 1 is 0.800 bits per heavy atom. The van der Waals surface area contributed by atoms with E-state index in [2.05, 4.69) is 0 Å². The van der Waals surface area contributed by atoms with Gasteiger partial charge in [0.1, 0.15) is 11.5 Å². The van der Waals surface area contributed by atoms with Gasteiger partial charge in [0.05, 0.1) is 17.7 Å². The van der Waals surface area contributed by atoms with Gasteiger partial charge < -0.3 is 30.8 Å². The summed E-state index contributed by atoms with van der Waals surface area (Å²) in [6.45, 7) is 2.29. The van der Waals surface area contributed by atoms with Gasteiger partial charge in [-0.3, -0.25) is 4.79 Å². The van der Waals surface area contributed by atoms with Crippen LogP contribution in [0, 0.1) is 0 Å². The second-order valence-electron chi connectivity index (χ2n) is 10.5. The molecule has 0 amide bonds. The van der Waals surface area contributed by atoms with Crippen molar-refractivity contribution in [2.24, 2.45) is 0 Å². The second-order valence-corrected chi connectivity index (χ2v) is 10.5. The summed E-state index contributed by atoms with van der Waals surface area (Å²) in [6.07, 6.45) is 9.61. The highest BCUT2D eigenvalue weighted by Crippen LogP contribution is 2.24. The van der Waals surface area contributed by atoms with E-state index in [1.807, 2.05) is 6.92 Å². The molecule has 0 aliphatic heterocycles. The number of carbonyl (C=O) groups is 4. The Morgan fingerprint density at radius 2 is 1.44 bits per heavy atom. The summed E-state index contributed by atoms with van der Waals surface area (Å²) in [6, 6.07) is 15.9. The van der Waals surface area contributed by atoms with Gasteiger partial charge in [-0.15, -0.1) is 0 Å². The van der Waals surface area contributed by atoms with Gasteiger partial charge in [-0.25, -0.2) is 14.4 Å². The van der Waals surface area contributed by atoms with Crippen molar-refractivity contribution >= 4 is 41.3 Å². The van der Waals surface area contributed by atoms with Crippen molar-refractivity contribution in [3.8, 4) is 11.5 Å². The number of hydrogen-bond donors (Lipinski definition) is 3. The minimum absolute atomic E-state index is 0.146. The summed E-state index contributed by atoms with van der Waals surface area (Å²) in [7, 11) is 0. The van der Waals surface area contributed by atoms with Gasteiger partial charge in [0.25, 0.3) is 0 Å². The van der Waals surface area contributed by atoms with Gasteiger partial charge in [-0.2, -0.15) is 0 Å². The largest absolute Gasteiger partial charge is 0.478 e. The number of rotatable bonds is 17. The molecule has 45 heavy (non-hydrogen) atoms. The predicted octanol–water partition coefficient (Wildman–Crippen LogP) is 6.61. The van der Waals surface area contributed by atoms with Gasteiger partial charge in [0, 0.05) is 23.9 Å². The maximum atomic E-state index is 12.4. The molecule has 5 N–H and O–H groups in total. The number of aromatic carboxylic acids is 1. The molecule has 0 aliphatic carbocycles. The molecule has 3 aromatic carbocycles. The first-order valence-corrected chi connectivity index (χ1v) is 15.0. The highest BCUT2D eigenvalue weighted by atomic mass is 16.5. The van der Waals surface area contributed by atoms with E-state index in [0.29, 0.717) is 65.4 Å². The van der Waals surface area contributed by atoms with Crippen LogP contribution < -0.4 is 20.9 Å². The smallest absolute Gasteiger partial charge is 0.338 e. The standard InChI is InChI=1S/C35H40N2O8/c1-2-3-10-32(38)44-27-16-18-28(19-17-27)45-33(39)20-13-24-11-14-25(15-12-24)35(42)43-21-8-6-4-5-7-9-29-30(34(40)41)22-26(36)23-31(29)37/h11-20,22-23H,2-10,21,36-37H2,1H3,(H,40,41)/b20-13+. The van der Waals surface area contributed by atoms with Crippen molar-refractivity contribution in [2.45, 2.75) is 64.7 Å². The Morgan fingerprint density at radius 3 is 2.11 bits per heavy atom. The Hall–Kier alpha value is -5.12. The first-order chi connectivity index (χ1) is 21.7. The number of esters is 3. The van der Waals surface area contributed by atoms with Crippen LogP contribution in [0.3, 0.4) is 0 Å². The molecule has 0 bridgehead atoms. The van der Waals surface area contributed by atoms with E-state index < -0.39 is 17.9 Å². The van der Waals surface area contributed by atoms with Gasteiger partial charge in [-0.1, -0.05) is 44.7 Å². The van der Waals surface area contributed by atoms with Gasteiger partial charge in [0.15, 0.2) is 0 Å². The van der Waals surface area contributed by atoms with Crippen molar-refractivity contribution in [1.29, 1.82) is 0 Å². The minimum Gasteiger partial charge on any atom is -0.478 e. The molecule has 3 rings (SSSR count). The van der Waals surface area contributed by atoms with Crippen molar-refractivity contribution < 1.29 is 38.5 Å². The Bertz CT molecular complexity index is 1480. The number of anilines is 2. The number of hydrogen-bond acceptors (Lipinski definition) is 9. The molecule has 0 radical (unpaired) electrons. The molecule has 0 atom stereocenters. The van der Waals surface area contributed by atoms with Crippen molar-refractivity contribution in [3.63, 3.8) is 0 Å². The molecule has 10 nitrogen and oxygen atoms in total.